The van der Waals surface area contributed by atoms with E-state index in [1.54, 1.807) is 7.11 Å². The van der Waals surface area contributed by atoms with Crippen LogP contribution in [0.3, 0.4) is 0 Å². The van der Waals surface area contributed by atoms with E-state index < -0.39 is 0 Å². The topological polar surface area (TPSA) is 30.5 Å². The molecule has 0 radical (unpaired) electrons. The van der Waals surface area contributed by atoms with Crippen LogP contribution in [-0.2, 0) is 9.47 Å². The van der Waals surface area contributed by atoms with E-state index in [9.17, 15) is 0 Å². The number of hydrogen-bond donors (Lipinski definition) is 1. The van der Waals surface area contributed by atoms with Crippen molar-refractivity contribution in [2.45, 2.75) is 70.4 Å². The van der Waals surface area contributed by atoms with Gasteiger partial charge in [-0.2, -0.15) is 0 Å². The average molecular weight is 271 g/mol. The van der Waals surface area contributed by atoms with Crippen molar-refractivity contribution >= 4 is 0 Å². The van der Waals surface area contributed by atoms with Crippen LogP contribution in [0, 0.1) is 5.92 Å². The predicted molar refractivity (Wildman–Crippen MR) is 80.6 cm³/mol. The van der Waals surface area contributed by atoms with Gasteiger partial charge in [-0.25, -0.2) is 0 Å². The molecular weight excluding hydrogens is 238 g/mol. The van der Waals surface area contributed by atoms with Crippen LogP contribution in [0.4, 0.5) is 0 Å². The summed E-state index contributed by atoms with van der Waals surface area (Å²) in [6, 6.07) is 0.441. The number of likely N-dealkylation sites (N-methyl/N-ethyl adjacent to an activating group) is 1. The van der Waals surface area contributed by atoms with Gasteiger partial charge in [0, 0.05) is 26.9 Å². The molecular formula is C16H33NO2. The molecule has 1 aliphatic carbocycles. The van der Waals surface area contributed by atoms with E-state index in [2.05, 4.69) is 19.2 Å². The molecule has 19 heavy (non-hydrogen) atoms. The summed E-state index contributed by atoms with van der Waals surface area (Å²) in [6.45, 7) is 6.37. The largest absolute Gasteiger partial charge is 0.385 e. The molecule has 0 heterocycles. The van der Waals surface area contributed by atoms with E-state index in [0.29, 0.717) is 12.0 Å². The summed E-state index contributed by atoms with van der Waals surface area (Å²) >= 11 is 0. The molecule has 1 N–H and O–H groups in total. The molecule has 3 heteroatoms. The summed E-state index contributed by atoms with van der Waals surface area (Å²) in [4.78, 5) is 0. The summed E-state index contributed by atoms with van der Waals surface area (Å²) in [6.07, 6.45) is 8.79. The molecule has 0 saturated heterocycles. The van der Waals surface area contributed by atoms with Gasteiger partial charge in [0.2, 0.25) is 0 Å². The zero-order valence-electron chi connectivity index (χ0n) is 13.3. The summed E-state index contributed by atoms with van der Waals surface area (Å²) in [5, 5.41) is 3.70. The van der Waals surface area contributed by atoms with Gasteiger partial charge in [0.1, 0.15) is 0 Å². The second-order valence-corrected chi connectivity index (χ2v) is 5.98. The predicted octanol–water partition coefficient (Wildman–Crippen LogP) is 3.38. The molecule has 1 saturated carbocycles. The molecule has 0 amide bonds. The van der Waals surface area contributed by atoms with Crippen molar-refractivity contribution < 1.29 is 9.47 Å². The highest BCUT2D eigenvalue weighted by Crippen LogP contribution is 2.36. The SMILES string of the molecule is CCNC(C(C)CCOC)C1(OC)CCCCCC1. The maximum absolute atomic E-state index is 6.07. The quantitative estimate of drug-likeness (QED) is 0.687. The maximum Gasteiger partial charge on any atom is 0.0833 e. The lowest BCUT2D eigenvalue weighted by molar-refractivity contribution is -0.0681. The Balaban J connectivity index is 2.78. The first kappa shape index (κ1) is 16.9. The molecule has 0 spiro atoms. The van der Waals surface area contributed by atoms with Crippen LogP contribution in [0.15, 0.2) is 0 Å². The normalized spacial score (nSPS) is 22.7. The molecule has 1 rings (SSSR count). The van der Waals surface area contributed by atoms with E-state index in [1.807, 2.05) is 7.11 Å². The van der Waals surface area contributed by atoms with Crippen LogP contribution in [0.5, 0.6) is 0 Å². The lowest BCUT2D eigenvalue weighted by atomic mass is 9.78. The van der Waals surface area contributed by atoms with E-state index >= 15 is 0 Å². The first-order chi connectivity index (χ1) is 9.20. The summed E-state index contributed by atoms with van der Waals surface area (Å²) < 4.78 is 11.3. The van der Waals surface area contributed by atoms with Gasteiger partial charge in [-0.3, -0.25) is 0 Å². The molecule has 114 valence electrons. The molecule has 0 aromatic carbocycles. The fourth-order valence-corrected chi connectivity index (χ4v) is 3.57. The standard InChI is InChI=1S/C16H33NO2/c1-5-17-15(14(2)10-13-18-3)16(19-4)11-8-6-7-9-12-16/h14-15,17H,5-13H2,1-4H3. The molecule has 2 atom stereocenters. The lowest BCUT2D eigenvalue weighted by Crippen LogP contribution is -2.55. The van der Waals surface area contributed by atoms with Gasteiger partial charge in [0.05, 0.1) is 5.60 Å². The van der Waals surface area contributed by atoms with Gasteiger partial charge in [-0.05, 0) is 31.7 Å². The highest BCUT2D eigenvalue weighted by atomic mass is 16.5. The molecule has 1 aliphatic rings. The van der Waals surface area contributed by atoms with Crippen LogP contribution in [-0.4, -0.2) is 39.0 Å². The van der Waals surface area contributed by atoms with E-state index in [-0.39, 0.29) is 5.60 Å². The van der Waals surface area contributed by atoms with Crippen molar-refractivity contribution in [3.05, 3.63) is 0 Å². The fourth-order valence-electron chi connectivity index (χ4n) is 3.57. The van der Waals surface area contributed by atoms with E-state index in [0.717, 1.165) is 19.6 Å². The second-order valence-electron chi connectivity index (χ2n) is 5.98. The van der Waals surface area contributed by atoms with Crippen LogP contribution < -0.4 is 5.32 Å². The van der Waals surface area contributed by atoms with Gasteiger partial charge < -0.3 is 14.8 Å². The highest BCUT2D eigenvalue weighted by molar-refractivity contribution is 4.96. The Hall–Kier alpha value is -0.120. The summed E-state index contributed by atoms with van der Waals surface area (Å²) in [5.41, 5.74) is 0.0274. The van der Waals surface area contributed by atoms with Crippen molar-refractivity contribution in [2.75, 3.05) is 27.4 Å². The van der Waals surface area contributed by atoms with E-state index in [1.165, 1.54) is 38.5 Å². The molecule has 1 fully saturated rings. The van der Waals surface area contributed by atoms with Crippen LogP contribution in [0.2, 0.25) is 0 Å². The van der Waals surface area contributed by atoms with Crippen molar-refractivity contribution in [3.63, 3.8) is 0 Å². The van der Waals surface area contributed by atoms with Crippen LogP contribution in [0.1, 0.15) is 58.8 Å². The van der Waals surface area contributed by atoms with Gasteiger partial charge in [0.15, 0.2) is 0 Å². The number of rotatable bonds is 8. The van der Waals surface area contributed by atoms with Crippen molar-refractivity contribution in [1.82, 2.24) is 5.32 Å². The van der Waals surface area contributed by atoms with Gasteiger partial charge in [-0.1, -0.05) is 39.5 Å². The van der Waals surface area contributed by atoms with Crippen molar-refractivity contribution in [1.29, 1.82) is 0 Å². The minimum Gasteiger partial charge on any atom is -0.385 e. The monoisotopic (exact) mass is 271 g/mol. The van der Waals surface area contributed by atoms with Crippen LogP contribution in [0.25, 0.3) is 0 Å². The first-order valence-electron chi connectivity index (χ1n) is 7.97. The van der Waals surface area contributed by atoms with Crippen molar-refractivity contribution in [3.8, 4) is 0 Å². The van der Waals surface area contributed by atoms with Crippen molar-refractivity contribution in [2.24, 2.45) is 5.92 Å². The van der Waals surface area contributed by atoms with Gasteiger partial charge >= 0.3 is 0 Å². The van der Waals surface area contributed by atoms with Gasteiger partial charge in [-0.15, -0.1) is 0 Å². The highest BCUT2D eigenvalue weighted by Gasteiger charge is 2.41. The molecule has 2 unspecified atom stereocenters. The Morgan fingerprint density at radius 1 is 1.11 bits per heavy atom. The molecule has 0 bridgehead atoms. The number of methoxy groups -OCH3 is 2. The Bertz CT molecular complexity index is 225. The molecule has 0 aromatic heterocycles. The Labute approximate surface area is 119 Å². The minimum atomic E-state index is 0.0274. The molecule has 0 aromatic rings. The second kappa shape index (κ2) is 8.93. The summed E-state index contributed by atoms with van der Waals surface area (Å²) in [7, 11) is 3.69. The molecule has 3 nitrogen and oxygen atoms in total. The van der Waals surface area contributed by atoms with E-state index in [4.69, 9.17) is 9.47 Å². The third-order valence-corrected chi connectivity index (χ3v) is 4.69. The zero-order valence-corrected chi connectivity index (χ0v) is 13.3. The Morgan fingerprint density at radius 3 is 2.21 bits per heavy atom. The smallest absolute Gasteiger partial charge is 0.0833 e. The summed E-state index contributed by atoms with van der Waals surface area (Å²) in [5.74, 6) is 0.581. The lowest BCUT2D eigenvalue weighted by Gasteiger charge is -2.43. The van der Waals surface area contributed by atoms with Crippen LogP contribution >= 0.6 is 0 Å². The number of hydrogen-bond acceptors (Lipinski definition) is 3. The fraction of sp³-hybridized carbons (Fsp3) is 1.00. The Morgan fingerprint density at radius 2 is 1.74 bits per heavy atom. The Kier molecular flexibility index (Phi) is 7.96. The zero-order chi connectivity index (χ0) is 14.1. The minimum absolute atomic E-state index is 0.0274. The maximum atomic E-state index is 6.07. The number of ether oxygens (including phenoxy) is 2. The third-order valence-electron chi connectivity index (χ3n) is 4.69. The van der Waals surface area contributed by atoms with Gasteiger partial charge in [0.25, 0.3) is 0 Å². The average Bonchev–Trinajstić information content (AvgIpc) is 2.68. The third kappa shape index (κ3) is 4.73. The number of nitrogens with one attached hydrogen (secondary N) is 1. The first-order valence-corrected chi connectivity index (χ1v) is 7.97. The molecule has 0 aliphatic heterocycles.